The summed E-state index contributed by atoms with van der Waals surface area (Å²) in [5.74, 6) is 0.0569. The summed E-state index contributed by atoms with van der Waals surface area (Å²) in [6.07, 6.45) is 0.446. The van der Waals surface area contributed by atoms with Crippen LogP contribution in [-0.2, 0) is 0 Å². The molecule has 4 heteroatoms. The number of hydrogen-bond donors (Lipinski definition) is 0. The van der Waals surface area contributed by atoms with Gasteiger partial charge in [0.25, 0.3) is 0 Å². The van der Waals surface area contributed by atoms with Crippen molar-refractivity contribution in [2.45, 2.75) is 13.3 Å². The van der Waals surface area contributed by atoms with Crippen molar-refractivity contribution in [3.8, 4) is 6.07 Å². The lowest BCUT2D eigenvalue weighted by Gasteiger charge is -2.17. The summed E-state index contributed by atoms with van der Waals surface area (Å²) in [5.41, 5.74) is 0.657. The zero-order valence-corrected chi connectivity index (χ0v) is 10.6. The number of carbonyl (C=O) groups is 1. The Morgan fingerprint density at radius 3 is 2.59 bits per heavy atom. The minimum Gasteiger partial charge on any atom is -0.295 e. The maximum Gasteiger partial charge on any atom is 0.176 e. The molecule has 0 aliphatic heterocycles. The SMILES string of the molecule is CCN(CCC#N)CC(=O)c1ccc(Cl)cc1. The molecule has 0 aliphatic rings. The molecule has 0 saturated carbocycles. The Hall–Kier alpha value is -1.37. The van der Waals surface area contributed by atoms with Crippen LogP contribution in [0, 0.1) is 11.3 Å². The van der Waals surface area contributed by atoms with E-state index >= 15 is 0 Å². The van der Waals surface area contributed by atoms with Crippen molar-refractivity contribution in [3.05, 3.63) is 34.9 Å². The number of nitrogens with zero attached hydrogens (tertiary/aromatic N) is 2. The van der Waals surface area contributed by atoms with Gasteiger partial charge in [-0.15, -0.1) is 0 Å². The lowest BCUT2D eigenvalue weighted by Crippen LogP contribution is -2.30. The smallest absolute Gasteiger partial charge is 0.176 e. The Labute approximate surface area is 107 Å². The molecule has 3 nitrogen and oxygen atoms in total. The average Bonchev–Trinajstić information content (AvgIpc) is 2.35. The van der Waals surface area contributed by atoms with Gasteiger partial charge in [-0.25, -0.2) is 0 Å². The molecule has 0 fully saturated rings. The number of halogens is 1. The first-order chi connectivity index (χ1) is 8.17. The fraction of sp³-hybridized carbons (Fsp3) is 0.385. The maximum atomic E-state index is 11.9. The zero-order valence-electron chi connectivity index (χ0n) is 9.82. The molecule has 1 rings (SSSR count). The van der Waals surface area contributed by atoms with Gasteiger partial charge in [-0.3, -0.25) is 9.69 Å². The molecule has 0 aromatic heterocycles. The molecule has 0 aliphatic carbocycles. The van der Waals surface area contributed by atoms with Crippen LogP contribution in [0.15, 0.2) is 24.3 Å². The second-order valence-electron chi connectivity index (χ2n) is 3.71. The third kappa shape index (κ3) is 4.56. The van der Waals surface area contributed by atoms with Gasteiger partial charge in [0, 0.05) is 23.6 Å². The predicted octanol–water partition coefficient (Wildman–Crippen LogP) is 2.76. The molecule has 0 heterocycles. The van der Waals surface area contributed by atoms with Crippen LogP contribution in [0.4, 0.5) is 0 Å². The van der Waals surface area contributed by atoms with Crippen molar-refractivity contribution >= 4 is 17.4 Å². The summed E-state index contributed by atoms with van der Waals surface area (Å²) < 4.78 is 0. The average molecular weight is 251 g/mol. The quantitative estimate of drug-likeness (QED) is 0.730. The number of ketones is 1. The molecule has 90 valence electrons. The van der Waals surface area contributed by atoms with Crippen LogP contribution < -0.4 is 0 Å². The lowest BCUT2D eigenvalue weighted by molar-refractivity contribution is 0.0935. The van der Waals surface area contributed by atoms with E-state index in [2.05, 4.69) is 6.07 Å². The molecule has 0 saturated heterocycles. The number of rotatable bonds is 6. The molecule has 0 N–H and O–H groups in total. The minimum absolute atomic E-state index is 0.0569. The Morgan fingerprint density at radius 1 is 1.41 bits per heavy atom. The summed E-state index contributed by atoms with van der Waals surface area (Å²) >= 11 is 5.76. The lowest BCUT2D eigenvalue weighted by atomic mass is 10.1. The Kier molecular flexibility index (Phi) is 5.68. The summed E-state index contributed by atoms with van der Waals surface area (Å²) in [6.45, 7) is 3.72. The molecule has 0 bridgehead atoms. The van der Waals surface area contributed by atoms with Gasteiger partial charge in [0.05, 0.1) is 12.6 Å². The number of nitriles is 1. The van der Waals surface area contributed by atoms with Crippen molar-refractivity contribution in [3.63, 3.8) is 0 Å². The Morgan fingerprint density at radius 2 is 2.06 bits per heavy atom. The number of Topliss-reactive ketones (excluding diaryl/α,β-unsaturated/α-hetero) is 1. The molecule has 1 aromatic rings. The van der Waals surface area contributed by atoms with Gasteiger partial charge in [-0.05, 0) is 30.8 Å². The van der Waals surface area contributed by atoms with E-state index in [1.807, 2.05) is 11.8 Å². The number of benzene rings is 1. The highest BCUT2D eigenvalue weighted by atomic mass is 35.5. The highest BCUT2D eigenvalue weighted by Gasteiger charge is 2.10. The molecule has 0 atom stereocenters. The van der Waals surface area contributed by atoms with E-state index in [0.717, 1.165) is 6.54 Å². The van der Waals surface area contributed by atoms with Gasteiger partial charge in [-0.2, -0.15) is 5.26 Å². The molecule has 0 amide bonds. The van der Waals surface area contributed by atoms with E-state index in [1.165, 1.54) is 0 Å². The molecular formula is C13H15ClN2O. The van der Waals surface area contributed by atoms with E-state index in [4.69, 9.17) is 16.9 Å². The first-order valence-electron chi connectivity index (χ1n) is 5.55. The van der Waals surface area contributed by atoms with Crippen LogP contribution >= 0.6 is 11.6 Å². The van der Waals surface area contributed by atoms with Gasteiger partial charge >= 0.3 is 0 Å². The first kappa shape index (κ1) is 13.7. The number of likely N-dealkylation sites (N-methyl/N-ethyl adjacent to an activating group) is 1. The second kappa shape index (κ2) is 7.05. The van der Waals surface area contributed by atoms with Crippen molar-refractivity contribution in [1.82, 2.24) is 4.90 Å². The Bertz CT molecular complexity index is 408. The van der Waals surface area contributed by atoms with Crippen molar-refractivity contribution in [1.29, 1.82) is 5.26 Å². The highest BCUT2D eigenvalue weighted by Crippen LogP contribution is 2.10. The van der Waals surface area contributed by atoms with Crippen LogP contribution in [0.3, 0.4) is 0 Å². The molecule has 0 radical (unpaired) electrons. The molecule has 0 unspecified atom stereocenters. The topological polar surface area (TPSA) is 44.1 Å². The van der Waals surface area contributed by atoms with Gasteiger partial charge in [0.2, 0.25) is 0 Å². The monoisotopic (exact) mass is 250 g/mol. The number of carbonyl (C=O) groups excluding carboxylic acids is 1. The zero-order chi connectivity index (χ0) is 12.7. The van der Waals surface area contributed by atoms with E-state index < -0.39 is 0 Å². The third-order valence-electron chi connectivity index (χ3n) is 2.52. The van der Waals surface area contributed by atoms with Gasteiger partial charge < -0.3 is 0 Å². The van der Waals surface area contributed by atoms with Gasteiger partial charge in [-0.1, -0.05) is 18.5 Å². The fourth-order valence-corrected chi connectivity index (χ4v) is 1.61. The first-order valence-corrected chi connectivity index (χ1v) is 5.93. The van der Waals surface area contributed by atoms with Crippen LogP contribution in [0.5, 0.6) is 0 Å². The van der Waals surface area contributed by atoms with Gasteiger partial charge in [0.1, 0.15) is 0 Å². The van der Waals surface area contributed by atoms with Crippen molar-refractivity contribution < 1.29 is 4.79 Å². The summed E-state index contributed by atoms with van der Waals surface area (Å²) in [4.78, 5) is 13.9. The van der Waals surface area contributed by atoms with E-state index in [0.29, 0.717) is 30.1 Å². The molecular weight excluding hydrogens is 236 g/mol. The molecule has 0 spiro atoms. The summed E-state index contributed by atoms with van der Waals surface area (Å²) in [6, 6.07) is 8.95. The van der Waals surface area contributed by atoms with E-state index in [-0.39, 0.29) is 5.78 Å². The third-order valence-corrected chi connectivity index (χ3v) is 2.77. The van der Waals surface area contributed by atoms with Crippen LogP contribution in [0.2, 0.25) is 5.02 Å². The largest absolute Gasteiger partial charge is 0.295 e. The van der Waals surface area contributed by atoms with E-state index in [1.54, 1.807) is 24.3 Å². The van der Waals surface area contributed by atoms with Crippen LogP contribution in [-0.4, -0.2) is 30.3 Å². The Balaban J connectivity index is 2.58. The summed E-state index contributed by atoms with van der Waals surface area (Å²) in [5, 5.41) is 9.14. The number of hydrogen-bond acceptors (Lipinski definition) is 3. The van der Waals surface area contributed by atoms with Crippen molar-refractivity contribution in [2.24, 2.45) is 0 Å². The van der Waals surface area contributed by atoms with Gasteiger partial charge in [0.15, 0.2) is 5.78 Å². The molecule has 1 aromatic carbocycles. The van der Waals surface area contributed by atoms with E-state index in [9.17, 15) is 4.79 Å². The standard InChI is InChI=1S/C13H15ClN2O/c1-2-16(9-3-8-15)10-13(17)11-4-6-12(14)7-5-11/h4-7H,2-3,9-10H2,1H3. The van der Waals surface area contributed by atoms with Crippen LogP contribution in [0.1, 0.15) is 23.7 Å². The minimum atomic E-state index is 0.0569. The normalized spacial score (nSPS) is 10.2. The van der Waals surface area contributed by atoms with Crippen LogP contribution in [0.25, 0.3) is 0 Å². The second-order valence-corrected chi connectivity index (χ2v) is 4.14. The predicted molar refractivity (Wildman–Crippen MR) is 68.1 cm³/mol. The molecule has 17 heavy (non-hydrogen) atoms. The fourth-order valence-electron chi connectivity index (χ4n) is 1.49. The highest BCUT2D eigenvalue weighted by molar-refractivity contribution is 6.30. The summed E-state index contributed by atoms with van der Waals surface area (Å²) in [7, 11) is 0. The van der Waals surface area contributed by atoms with Crippen molar-refractivity contribution in [2.75, 3.05) is 19.6 Å². The maximum absolute atomic E-state index is 11.9.